The van der Waals surface area contributed by atoms with Crippen LogP contribution in [0.2, 0.25) is 0 Å². The van der Waals surface area contributed by atoms with Crippen molar-refractivity contribution >= 4 is 22.8 Å². The highest BCUT2D eigenvalue weighted by molar-refractivity contribution is 5.95. The van der Waals surface area contributed by atoms with Crippen molar-refractivity contribution in [3.05, 3.63) is 89.6 Å². The number of nitrogens with zero attached hydrogens (tertiary/aromatic N) is 4. The lowest BCUT2D eigenvalue weighted by Crippen LogP contribution is -2.35. The number of ether oxygens (including phenoxy) is 1. The summed E-state index contributed by atoms with van der Waals surface area (Å²) in [5.41, 5.74) is 3.46. The average Bonchev–Trinajstić information content (AvgIpc) is 3.27. The second kappa shape index (κ2) is 7.56. The number of rotatable bonds is 4. The zero-order valence-corrected chi connectivity index (χ0v) is 17.0. The molecule has 31 heavy (non-hydrogen) atoms. The van der Waals surface area contributed by atoms with Gasteiger partial charge in [-0.3, -0.25) is 4.79 Å². The summed E-state index contributed by atoms with van der Waals surface area (Å²) < 4.78 is 7.22. The molecule has 2 aromatic heterocycles. The summed E-state index contributed by atoms with van der Waals surface area (Å²) in [4.78, 5) is 22.1. The summed E-state index contributed by atoms with van der Waals surface area (Å²) in [6.45, 7) is 1.90. The first kappa shape index (κ1) is 18.8. The van der Waals surface area contributed by atoms with Crippen LogP contribution in [0.1, 0.15) is 29.0 Å². The van der Waals surface area contributed by atoms with Gasteiger partial charge >= 0.3 is 0 Å². The van der Waals surface area contributed by atoms with Gasteiger partial charge in [0, 0.05) is 16.6 Å². The average molecular weight is 412 g/mol. The molecule has 1 aliphatic heterocycles. The molecule has 0 fully saturated rings. The number of hydrogen-bond acceptors (Lipinski definition) is 6. The minimum atomic E-state index is -0.458. The Morgan fingerprint density at radius 1 is 1.10 bits per heavy atom. The van der Waals surface area contributed by atoms with Gasteiger partial charge < -0.3 is 15.4 Å². The van der Waals surface area contributed by atoms with E-state index in [9.17, 15) is 4.79 Å². The molecule has 0 aliphatic carbocycles. The number of carbonyl (C=O) groups excluding carboxylic acids is 1. The van der Waals surface area contributed by atoms with Gasteiger partial charge in [0.25, 0.3) is 5.91 Å². The second-order valence-corrected chi connectivity index (χ2v) is 7.18. The van der Waals surface area contributed by atoms with E-state index in [4.69, 9.17) is 9.72 Å². The van der Waals surface area contributed by atoms with Crippen molar-refractivity contribution in [3.63, 3.8) is 0 Å². The largest absolute Gasteiger partial charge is 0.494 e. The molecule has 1 amide bonds. The van der Waals surface area contributed by atoms with E-state index < -0.39 is 6.04 Å². The Hall–Kier alpha value is -4.20. The SMILES string of the molecule is COc1cccc2ccc([C@H]3C(NC(=O)c4ccccc4)=C(C)Nc4ncnn43)nc12. The van der Waals surface area contributed by atoms with Gasteiger partial charge in [-0.1, -0.05) is 36.4 Å². The summed E-state index contributed by atoms with van der Waals surface area (Å²) in [5.74, 6) is 1.06. The molecule has 2 aromatic carbocycles. The lowest BCUT2D eigenvalue weighted by atomic mass is 10.0. The fraction of sp³-hybridized carbons (Fsp3) is 0.130. The third-order valence-corrected chi connectivity index (χ3v) is 5.28. The number of carbonyl (C=O) groups is 1. The van der Waals surface area contributed by atoms with E-state index in [1.54, 1.807) is 23.9 Å². The van der Waals surface area contributed by atoms with E-state index in [1.165, 1.54) is 6.33 Å². The molecule has 0 saturated carbocycles. The standard InChI is InChI=1S/C23H20N6O2/c1-14-19(28-22(30)16-7-4-3-5-8-16)21(29-23(26-14)24-13-25-29)17-12-11-15-9-6-10-18(31-2)20(15)27-17/h3-13,21H,1-2H3,(H,28,30)(H,24,25,26)/t21-/m0/s1. The summed E-state index contributed by atoms with van der Waals surface area (Å²) in [6.07, 6.45) is 1.48. The first-order valence-electron chi connectivity index (χ1n) is 9.83. The molecular formula is C23H20N6O2. The molecule has 154 valence electrons. The Balaban J connectivity index is 1.62. The molecule has 0 bridgehead atoms. The Morgan fingerprint density at radius 3 is 2.74 bits per heavy atom. The van der Waals surface area contributed by atoms with E-state index >= 15 is 0 Å². The monoisotopic (exact) mass is 412 g/mol. The van der Waals surface area contributed by atoms with Crippen LogP contribution in [-0.4, -0.2) is 32.8 Å². The Labute approximate surface area is 178 Å². The van der Waals surface area contributed by atoms with Gasteiger partial charge in [0.2, 0.25) is 5.95 Å². The number of aromatic nitrogens is 4. The molecule has 2 N–H and O–H groups in total. The Bertz CT molecular complexity index is 1310. The number of benzene rings is 2. The zero-order chi connectivity index (χ0) is 21.4. The maximum atomic E-state index is 12.9. The number of amides is 1. The molecule has 1 aliphatic rings. The number of allylic oxidation sites excluding steroid dienone is 2. The van der Waals surface area contributed by atoms with Crippen LogP contribution in [0.3, 0.4) is 0 Å². The lowest BCUT2D eigenvalue weighted by molar-refractivity contribution is 0.0961. The molecule has 3 heterocycles. The topological polar surface area (TPSA) is 94.0 Å². The van der Waals surface area contributed by atoms with Gasteiger partial charge in [-0.15, -0.1) is 0 Å². The van der Waals surface area contributed by atoms with Gasteiger partial charge in [0.15, 0.2) is 0 Å². The highest BCUT2D eigenvalue weighted by atomic mass is 16.5. The highest BCUT2D eigenvalue weighted by Crippen LogP contribution is 2.34. The minimum absolute atomic E-state index is 0.205. The number of anilines is 1. The van der Waals surface area contributed by atoms with E-state index in [1.807, 2.05) is 55.5 Å². The van der Waals surface area contributed by atoms with Crippen LogP contribution in [0.5, 0.6) is 5.75 Å². The number of pyridine rings is 1. The third kappa shape index (κ3) is 3.28. The molecule has 0 spiro atoms. The van der Waals surface area contributed by atoms with Gasteiger partial charge in [-0.25, -0.2) is 9.67 Å². The third-order valence-electron chi connectivity index (χ3n) is 5.28. The van der Waals surface area contributed by atoms with Crippen LogP contribution in [0.4, 0.5) is 5.95 Å². The molecule has 0 radical (unpaired) electrons. The van der Waals surface area contributed by atoms with Crippen molar-refractivity contribution in [3.8, 4) is 5.75 Å². The van der Waals surface area contributed by atoms with Crippen LogP contribution >= 0.6 is 0 Å². The quantitative estimate of drug-likeness (QED) is 0.533. The fourth-order valence-corrected chi connectivity index (χ4v) is 3.76. The van der Waals surface area contributed by atoms with Crippen LogP contribution < -0.4 is 15.4 Å². The number of methoxy groups -OCH3 is 1. The van der Waals surface area contributed by atoms with Crippen LogP contribution in [0, 0.1) is 0 Å². The van der Waals surface area contributed by atoms with Crippen molar-refractivity contribution in [2.45, 2.75) is 13.0 Å². The summed E-state index contributed by atoms with van der Waals surface area (Å²) in [5, 5.41) is 11.6. The van der Waals surface area contributed by atoms with Crippen molar-refractivity contribution < 1.29 is 9.53 Å². The maximum Gasteiger partial charge on any atom is 0.255 e. The number of hydrogen-bond donors (Lipinski definition) is 2. The molecule has 0 saturated heterocycles. The molecule has 0 unspecified atom stereocenters. The predicted molar refractivity (Wildman–Crippen MR) is 117 cm³/mol. The minimum Gasteiger partial charge on any atom is -0.494 e. The summed E-state index contributed by atoms with van der Waals surface area (Å²) in [6, 6.07) is 18.3. The first-order chi connectivity index (χ1) is 15.2. The van der Waals surface area contributed by atoms with E-state index in [0.29, 0.717) is 28.7 Å². The summed E-state index contributed by atoms with van der Waals surface area (Å²) in [7, 11) is 1.62. The van der Waals surface area contributed by atoms with Gasteiger partial charge in [0.05, 0.1) is 18.5 Å². The van der Waals surface area contributed by atoms with E-state index in [2.05, 4.69) is 20.7 Å². The number of nitrogens with one attached hydrogen (secondary N) is 2. The van der Waals surface area contributed by atoms with Crippen molar-refractivity contribution in [2.24, 2.45) is 0 Å². The lowest BCUT2D eigenvalue weighted by Gasteiger charge is -2.29. The first-order valence-corrected chi connectivity index (χ1v) is 9.83. The number of fused-ring (bicyclic) bond motifs is 2. The Morgan fingerprint density at radius 2 is 1.94 bits per heavy atom. The molecule has 4 aromatic rings. The van der Waals surface area contributed by atoms with Crippen LogP contribution in [0.25, 0.3) is 10.9 Å². The molecule has 8 heteroatoms. The second-order valence-electron chi connectivity index (χ2n) is 7.18. The van der Waals surface area contributed by atoms with E-state index in [-0.39, 0.29) is 5.91 Å². The Kier molecular flexibility index (Phi) is 4.59. The van der Waals surface area contributed by atoms with Crippen LogP contribution in [-0.2, 0) is 0 Å². The van der Waals surface area contributed by atoms with Crippen LogP contribution in [0.15, 0.2) is 78.4 Å². The highest BCUT2D eigenvalue weighted by Gasteiger charge is 2.31. The normalized spacial score (nSPS) is 15.4. The molecule has 5 rings (SSSR count). The van der Waals surface area contributed by atoms with Gasteiger partial charge in [0.1, 0.15) is 23.6 Å². The van der Waals surface area contributed by atoms with Crippen molar-refractivity contribution in [1.29, 1.82) is 0 Å². The molecule has 1 atom stereocenters. The fourth-order valence-electron chi connectivity index (χ4n) is 3.76. The predicted octanol–water partition coefficient (Wildman–Crippen LogP) is 3.51. The smallest absolute Gasteiger partial charge is 0.255 e. The number of para-hydroxylation sites is 1. The van der Waals surface area contributed by atoms with Crippen molar-refractivity contribution in [2.75, 3.05) is 12.4 Å². The van der Waals surface area contributed by atoms with E-state index in [0.717, 1.165) is 16.6 Å². The van der Waals surface area contributed by atoms with Crippen molar-refractivity contribution in [1.82, 2.24) is 25.1 Å². The zero-order valence-electron chi connectivity index (χ0n) is 17.0. The van der Waals surface area contributed by atoms with Gasteiger partial charge in [-0.2, -0.15) is 10.1 Å². The van der Waals surface area contributed by atoms with Gasteiger partial charge in [-0.05, 0) is 31.2 Å². The summed E-state index contributed by atoms with van der Waals surface area (Å²) >= 11 is 0. The maximum absolute atomic E-state index is 12.9. The molecular weight excluding hydrogens is 392 g/mol. The molecule has 8 nitrogen and oxygen atoms in total.